The van der Waals surface area contributed by atoms with Gasteiger partial charge in [-0.25, -0.2) is 0 Å². The predicted molar refractivity (Wildman–Crippen MR) is 144 cm³/mol. The highest BCUT2D eigenvalue weighted by Crippen LogP contribution is 2.42. The topological polar surface area (TPSA) is 73.2 Å². The first-order valence-electron chi connectivity index (χ1n) is 10.5. The number of thioether (sulfide) groups is 1. The van der Waals surface area contributed by atoms with Crippen LogP contribution in [0.3, 0.4) is 0 Å². The molecule has 5 nitrogen and oxygen atoms in total. The number of carbonyl (C=O) groups is 2. The Labute approximate surface area is 225 Å². The summed E-state index contributed by atoms with van der Waals surface area (Å²) >= 11 is 16.8. The van der Waals surface area contributed by atoms with E-state index in [0.717, 1.165) is 15.6 Å². The smallest absolute Gasteiger partial charge is 0.264 e. The number of hydrogen-bond acceptors (Lipinski definition) is 4. The van der Waals surface area contributed by atoms with Gasteiger partial charge in [0, 0.05) is 16.7 Å². The van der Waals surface area contributed by atoms with E-state index >= 15 is 0 Å². The minimum atomic E-state index is -0.545. The van der Waals surface area contributed by atoms with E-state index in [0.29, 0.717) is 27.2 Å². The third-order valence-electron chi connectivity index (χ3n) is 5.29. The number of nitrogens with zero attached hydrogens (tertiary/aromatic N) is 2. The van der Waals surface area contributed by atoms with Gasteiger partial charge in [0.2, 0.25) is 5.91 Å². The average molecular weight is 587 g/mol. The molecule has 1 aliphatic rings. The molecule has 3 aromatic carbocycles. The molecule has 0 saturated carbocycles. The lowest BCUT2D eigenvalue weighted by molar-refractivity contribution is -0.117. The summed E-state index contributed by atoms with van der Waals surface area (Å²) in [6, 6.07) is 23.8. The van der Waals surface area contributed by atoms with Crippen molar-refractivity contribution in [3.8, 4) is 6.07 Å². The summed E-state index contributed by atoms with van der Waals surface area (Å²) in [5.41, 5.74) is 2.19. The number of carbonyl (C=O) groups excluding carboxylic acids is 2. The van der Waals surface area contributed by atoms with E-state index in [1.165, 1.54) is 16.7 Å². The van der Waals surface area contributed by atoms with Gasteiger partial charge in [-0.05, 0) is 53.9 Å². The first-order valence-corrected chi connectivity index (χ1v) is 13.0. The second-order valence-corrected chi connectivity index (χ2v) is 10.6. The van der Waals surface area contributed by atoms with Crippen molar-refractivity contribution in [2.24, 2.45) is 0 Å². The van der Waals surface area contributed by atoms with Crippen LogP contribution in [0.15, 0.2) is 87.9 Å². The lowest BCUT2D eigenvalue weighted by atomic mass is 10.1. The van der Waals surface area contributed by atoms with E-state index in [4.69, 9.17) is 23.2 Å². The van der Waals surface area contributed by atoms with Gasteiger partial charge < -0.3 is 5.32 Å². The number of nitriles is 1. The molecule has 2 amide bonds. The van der Waals surface area contributed by atoms with Crippen molar-refractivity contribution in [2.75, 3.05) is 4.90 Å². The first-order chi connectivity index (χ1) is 16.9. The standard InChI is InChI=1S/C26H18BrCl2N3O2S/c27-18-7-9-19(10-8-18)32-25(34)23(13-17-6-11-21(28)22(29)12-17)35-26(32)20(14-30)24(33)31-15-16-4-2-1-3-5-16/h1-12,23H,13,15H2,(H,31,33)/b26-20-. The number of amides is 2. The van der Waals surface area contributed by atoms with Gasteiger partial charge in [0.1, 0.15) is 16.7 Å². The maximum Gasteiger partial charge on any atom is 0.264 e. The Kier molecular flexibility index (Phi) is 8.19. The summed E-state index contributed by atoms with van der Waals surface area (Å²) in [7, 11) is 0. The summed E-state index contributed by atoms with van der Waals surface area (Å²) in [6.45, 7) is 0.266. The van der Waals surface area contributed by atoms with E-state index in [9.17, 15) is 14.9 Å². The quantitative estimate of drug-likeness (QED) is 0.264. The Balaban J connectivity index is 1.67. The van der Waals surface area contributed by atoms with E-state index in [1.54, 1.807) is 36.4 Å². The highest BCUT2D eigenvalue weighted by Gasteiger charge is 2.40. The van der Waals surface area contributed by atoms with Crippen LogP contribution in [0.5, 0.6) is 0 Å². The number of hydrogen-bond donors (Lipinski definition) is 1. The number of rotatable bonds is 6. The second-order valence-electron chi connectivity index (χ2n) is 7.67. The van der Waals surface area contributed by atoms with Crippen molar-refractivity contribution < 1.29 is 9.59 Å². The summed E-state index contributed by atoms with van der Waals surface area (Å²) in [4.78, 5) is 28.0. The van der Waals surface area contributed by atoms with E-state index in [2.05, 4.69) is 21.2 Å². The summed E-state index contributed by atoms with van der Waals surface area (Å²) in [6.07, 6.45) is 0.362. The Morgan fingerprint density at radius 1 is 1.03 bits per heavy atom. The average Bonchev–Trinajstić information content (AvgIpc) is 3.17. The van der Waals surface area contributed by atoms with Crippen LogP contribution in [0, 0.1) is 11.3 Å². The number of anilines is 1. The molecule has 1 N–H and O–H groups in total. The van der Waals surface area contributed by atoms with Crippen molar-refractivity contribution >= 4 is 68.4 Å². The highest BCUT2D eigenvalue weighted by atomic mass is 79.9. The highest BCUT2D eigenvalue weighted by molar-refractivity contribution is 9.10. The third kappa shape index (κ3) is 5.91. The third-order valence-corrected chi connectivity index (χ3v) is 7.82. The van der Waals surface area contributed by atoms with Crippen molar-refractivity contribution in [1.82, 2.24) is 5.32 Å². The van der Waals surface area contributed by atoms with Gasteiger partial charge in [-0.15, -0.1) is 0 Å². The molecule has 1 atom stereocenters. The molecule has 1 aliphatic heterocycles. The fourth-order valence-electron chi connectivity index (χ4n) is 3.56. The minimum Gasteiger partial charge on any atom is -0.347 e. The SMILES string of the molecule is N#C/C(C(=O)NCc1ccccc1)=C1/SC(Cc2ccc(Cl)c(Cl)c2)C(=O)N1c1ccc(Br)cc1. The summed E-state index contributed by atoms with van der Waals surface area (Å²) < 4.78 is 0.847. The summed E-state index contributed by atoms with van der Waals surface area (Å²) in [5.74, 6) is -0.758. The van der Waals surface area contributed by atoms with Gasteiger partial charge >= 0.3 is 0 Å². The van der Waals surface area contributed by atoms with Crippen LogP contribution in [0.1, 0.15) is 11.1 Å². The monoisotopic (exact) mass is 585 g/mol. The van der Waals surface area contributed by atoms with Gasteiger partial charge in [-0.1, -0.05) is 87.3 Å². The Hall–Kier alpha value is -2.76. The zero-order valence-corrected chi connectivity index (χ0v) is 22.1. The van der Waals surface area contributed by atoms with Crippen LogP contribution in [0.2, 0.25) is 10.0 Å². The van der Waals surface area contributed by atoms with Gasteiger partial charge in [0.05, 0.1) is 15.3 Å². The molecule has 1 heterocycles. The molecule has 0 aromatic heterocycles. The molecule has 35 heavy (non-hydrogen) atoms. The maximum atomic E-state index is 13.5. The van der Waals surface area contributed by atoms with Crippen LogP contribution >= 0.6 is 50.9 Å². The molecular formula is C26H18BrCl2N3O2S. The van der Waals surface area contributed by atoms with E-state index in [-0.39, 0.29) is 18.0 Å². The molecule has 1 unspecified atom stereocenters. The molecule has 9 heteroatoms. The maximum absolute atomic E-state index is 13.5. The Bertz CT molecular complexity index is 1340. The van der Waals surface area contributed by atoms with Gasteiger partial charge in [0.25, 0.3) is 5.91 Å². The number of halogens is 3. The zero-order valence-electron chi connectivity index (χ0n) is 18.2. The Morgan fingerprint density at radius 2 is 1.74 bits per heavy atom. The second kappa shape index (κ2) is 11.3. The molecule has 4 rings (SSSR count). The van der Waals surface area contributed by atoms with Crippen LogP contribution in [-0.4, -0.2) is 17.1 Å². The van der Waals surface area contributed by atoms with E-state index < -0.39 is 11.2 Å². The largest absolute Gasteiger partial charge is 0.347 e. The molecule has 0 spiro atoms. The fourth-order valence-corrected chi connectivity index (χ4v) is 5.45. The molecule has 0 aliphatic carbocycles. The molecule has 1 fully saturated rings. The number of nitrogens with one attached hydrogen (secondary N) is 1. The van der Waals surface area contributed by atoms with Crippen molar-refractivity contribution in [2.45, 2.75) is 18.2 Å². The first kappa shape index (κ1) is 25.3. The molecular weight excluding hydrogens is 569 g/mol. The van der Waals surface area contributed by atoms with Crippen molar-refractivity contribution in [3.63, 3.8) is 0 Å². The van der Waals surface area contributed by atoms with Gasteiger partial charge in [-0.2, -0.15) is 5.26 Å². The molecule has 176 valence electrons. The number of benzene rings is 3. The van der Waals surface area contributed by atoms with Crippen molar-refractivity contribution in [1.29, 1.82) is 5.26 Å². The molecule has 0 radical (unpaired) electrons. The minimum absolute atomic E-state index is 0.112. The normalized spacial score (nSPS) is 16.7. The van der Waals surface area contributed by atoms with Crippen LogP contribution in [0.4, 0.5) is 5.69 Å². The lowest BCUT2D eigenvalue weighted by Gasteiger charge is -2.19. The fraction of sp³-hybridized carbons (Fsp3) is 0.115. The lowest BCUT2D eigenvalue weighted by Crippen LogP contribution is -2.32. The van der Waals surface area contributed by atoms with Crippen LogP contribution < -0.4 is 10.2 Å². The molecule has 0 bridgehead atoms. The van der Waals surface area contributed by atoms with Gasteiger partial charge in [0.15, 0.2) is 0 Å². The van der Waals surface area contributed by atoms with Crippen molar-refractivity contribution in [3.05, 3.63) is 109 Å². The summed E-state index contributed by atoms with van der Waals surface area (Å²) in [5, 5.41) is 13.3. The predicted octanol–water partition coefficient (Wildman–Crippen LogP) is 6.50. The van der Waals surface area contributed by atoms with Crippen LogP contribution in [-0.2, 0) is 22.6 Å². The molecule has 1 saturated heterocycles. The zero-order chi connectivity index (χ0) is 24.9. The van der Waals surface area contributed by atoms with Crippen LogP contribution in [0.25, 0.3) is 0 Å². The Morgan fingerprint density at radius 3 is 2.40 bits per heavy atom. The molecule has 3 aromatic rings. The van der Waals surface area contributed by atoms with Gasteiger partial charge in [-0.3, -0.25) is 14.5 Å². The van der Waals surface area contributed by atoms with E-state index in [1.807, 2.05) is 42.5 Å².